The molecule has 1 aliphatic heterocycles. The van der Waals surface area contributed by atoms with Crippen LogP contribution in [0.25, 0.3) is 0 Å². The molecule has 24 heavy (non-hydrogen) atoms. The van der Waals surface area contributed by atoms with Gasteiger partial charge in [0.2, 0.25) is 5.91 Å². The van der Waals surface area contributed by atoms with Crippen LogP contribution in [0.2, 0.25) is 0 Å². The maximum absolute atomic E-state index is 12.2. The lowest BCUT2D eigenvalue weighted by Crippen LogP contribution is -2.27. The van der Waals surface area contributed by atoms with Gasteiger partial charge in [-0.05, 0) is 42.0 Å². The summed E-state index contributed by atoms with van der Waals surface area (Å²) in [5, 5.41) is 19.4. The Balaban J connectivity index is 1.91. The van der Waals surface area contributed by atoms with Crippen LogP contribution >= 0.6 is 11.8 Å². The lowest BCUT2D eigenvalue weighted by Gasteiger charge is -2.24. The number of nitro benzene ring substituents is 1. The molecule has 1 amide bonds. The number of rotatable bonds is 4. The largest absolute Gasteiger partial charge is 0.478 e. The Morgan fingerprint density at radius 2 is 1.79 bits per heavy atom. The fourth-order valence-electron chi connectivity index (χ4n) is 2.48. The first-order valence-corrected chi connectivity index (χ1v) is 8.03. The molecule has 1 heterocycles. The van der Waals surface area contributed by atoms with Gasteiger partial charge in [0.25, 0.3) is 5.69 Å². The fraction of sp³-hybridized carbons (Fsp3) is 0.125. The van der Waals surface area contributed by atoms with Crippen molar-refractivity contribution < 1.29 is 19.6 Å². The van der Waals surface area contributed by atoms with Crippen molar-refractivity contribution in [2.75, 3.05) is 10.7 Å². The van der Waals surface area contributed by atoms with Crippen LogP contribution in [-0.4, -0.2) is 27.7 Å². The zero-order valence-corrected chi connectivity index (χ0v) is 13.1. The van der Waals surface area contributed by atoms with E-state index in [1.165, 1.54) is 36.0 Å². The summed E-state index contributed by atoms with van der Waals surface area (Å²) in [4.78, 5) is 35.0. The molecule has 1 fully saturated rings. The SMILES string of the molecule is O=C(O)c1ccc(N2C(=O)CS[C@@H]2c2ccc([N+](=O)[O-])cc2)cc1. The molecule has 0 bridgehead atoms. The zero-order valence-electron chi connectivity index (χ0n) is 12.3. The monoisotopic (exact) mass is 344 g/mol. The van der Waals surface area contributed by atoms with Crippen LogP contribution in [0.4, 0.5) is 11.4 Å². The molecular formula is C16H12N2O5S. The molecule has 3 rings (SSSR count). The molecule has 2 aromatic carbocycles. The number of carbonyl (C=O) groups is 2. The predicted molar refractivity (Wildman–Crippen MR) is 89.2 cm³/mol. The molecule has 0 spiro atoms. The van der Waals surface area contributed by atoms with E-state index in [1.807, 2.05) is 0 Å². The summed E-state index contributed by atoms with van der Waals surface area (Å²) < 4.78 is 0. The molecule has 1 N–H and O–H groups in total. The van der Waals surface area contributed by atoms with Gasteiger partial charge in [0, 0.05) is 17.8 Å². The minimum atomic E-state index is -1.03. The van der Waals surface area contributed by atoms with Gasteiger partial charge in [0.15, 0.2) is 0 Å². The number of hydrogen-bond acceptors (Lipinski definition) is 5. The summed E-state index contributed by atoms with van der Waals surface area (Å²) in [6, 6.07) is 12.1. The molecule has 0 aliphatic carbocycles. The molecule has 122 valence electrons. The van der Waals surface area contributed by atoms with E-state index in [0.717, 1.165) is 5.56 Å². The van der Waals surface area contributed by atoms with Gasteiger partial charge < -0.3 is 5.11 Å². The number of aromatic carboxylic acids is 1. The molecule has 2 aromatic rings. The number of carbonyl (C=O) groups excluding carboxylic acids is 1. The molecule has 0 unspecified atom stereocenters. The molecule has 1 atom stereocenters. The minimum Gasteiger partial charge on any atom is -0.478 e. The van der Waals surface area contributed by atoms with Crippen LogP contribution in [0, 0.1) is 10.1 Å². The van der Waals surface area contributed by atoms with E-state index in [0.29, 0.717) is 11.4 Å². The number of hydrogen-bond donors (Lipinski definition) is 1. The van der Waals surface area contributed by atoms with Gasteiger partial charge in [-0.15, -0.1) is 11.8 Å². The summed E-state index contributed by atoms with van der Waals surface area (Å²) >= 11 is 1.42. The van der Waals surface area contributed by atoms with Crippen molar-refractivity contribution in [3.63, 3.8) is 0 Å². The third kappa shape index (κ3) is 2.95. The summed E-state index contributed by atoms with van der Waals surface area (Å²) in [5.41, 5.74) is 1.51. The summed E-state index contributed by atoms with van der Waals surface area (Å²) in [6.07, 6.45) is 0. The highest BCUT2D eigenvalue weighted by Crippen LogP contribution is 2.42. The third-order valence-electron chi connectivity index (χ3n) is 3.65. The molecule has 0 aromatic heterocycles. The Labute approximate surface area is 141 Å². The molecular weight excluding hydrogens is 332 g/mol. The van der Waals surface area contributed by atoms with E-state index in [4.69, 9.17) is 5.11 Å². The van der Waals surface area contributed by atoms with Crippen molar-refractivity contribution >= 4 is 35.0 Å². The normalized spacial score (nSPS) is 17.1. The number of non-ortho nitro benzene ring substituents is 1. The Kier molecular flexibility index (Phi) is 4.22. The standard InChI is InChI=1S/C16H12N2O5S/c19-14-9-24-15(10-1-7-13(8-2-10)18(22)23)17(14)12-5-3-11(4-6-12)16(20)21/h1-8,15H,9H2,(H,20,21)/t15-/m1/s1. The van der Waals surface area contributed by atoms with E-state index in [-0.39, 0.29) is 22.5 Å². The van der Waals surface area contributed by atoms with Crippen molar-refractivity contribution in [1.82, 2.24) is 0 Å². The number of thioether (sulfide) groups is 1. The highest BCUT2D eigenvalue weighted by molar-refractivity contribution is 8.00. The van der Waals surface area contributed by atoms with Crippen molar-refractivity contribution in [3.8, 4) is 0 Å². The van der Waals surface area contributed by atoms with Gasteiger partial charge in [-0.3, -0.25) is 19.8 Å². The van der Waals surface area contributed by atoms with Gasteiger partial charge in [-0.2, -0.15) is 0 Å². The second kappa shape index (κ2) is 6.32. The number of amides is 1. The summed E-state index contributed by atoms with van der Waals surface area (Å²) in [5.74, 6) is -0.829. The zero-order chi connectivity index (χ0) is 17.3. The van der Waals surface area contributed by atoms with Crippen molar-refractivity contribution in [2.24, 2.45) is 0 Å². The predicted octanol–water partition coefficient (Wildman–Crippen LogP) is 3.07. The first-order valence-electron chi connectivity index (χ1n) is 6.99. The van der Waals surface area contributed by atoms with Crippen LogP contribution in [-0.2, 0) is 4.79 Å². The number of carboxylic acids is 1. The van der Waals surface area contributed by atoms with Crippen molar-refractivity contribution in [1.29, 1.82) is 0 Å². The molecule has 8 heteroatoms. The van der Waals surface area contributed by atoms with E-state index in [9.17, 15) is 19.7 Å². The quantitative estimate of drug-likeness (QED) is 0.676. The maximum atomic E-state index is 12.2. The summed E-state index contributed by atoms with van der Waals surface area (Å²) in [6.45, 7) is 0. The van der Waals surface area contributed by atoms with Crippen LogP contribution in [0.15, 0.2) is 48.5 Å². The average Bonchev–Trinajstić information content (AvgIpc) is 2.96. The first-order chi connectivity index (χ1) is 11.5. The minimum absolute atomic E-state index is 0.00886. The topological polar surface area (TPSA) is 101 Å². The smallest absolute Gasteiger partial charge is 0.335 e. The molecule has 0 saturated carbocycles. The second-order valence-corrected chi connectivity index (χ2v) is 6.20. The van der Waals surface area contributed by atoms with Crippen LogP contribution in [0.1, 0.15) is 21.3 Å². The van der Waals surface area contributed by atoms with Gasteiger partial charge in [-0.25, -0.2) is 4.79 Å². The number of nitro groups is 1. The van der Waals surface area contributed by atoms with E-state index in [1.54, 1.807) is 29.2 Å². The van der Waals surface area contributed by atoms with Gasteiger partial charge in [-0.1, -0.05) is 0 Å². The van der Waals surface area contributed by atoms with Crippen molar-refractivity contribution in [2.45, 2.75) is 5.37 Å². The molecule has 1 aliphatic rings. The lowest BCUT2D eigenvalue weighted by atomic mass is 10.1. The van der Waals surface area contributed by atoms with Crippen LogP contribution < -0.4 is 4.90 Å². The molecule has 1 saturated heterocycles. The van der Waals surface area contributed by atoms with Gasteiger partial charge >= 0.3 is 5.97 Å². The Morgan fingerprint density at radius 3 is 2.33 bits per heavy atom. The second-order valence-electron chi connectivity index (χ2n) is 5.13. The Hall–Kier alpha value is -2.87. The lowest BCUT2D eigenvalue weighted by molar-refractivity contribution is -0.384. The first kappa shape index (κ1) is 16.0. The average molecular weight is 344 g/mol. The van der Waals surface area contributed by atoms with E-state index in [2.05, 4.69) is 0 Å². The number of carboxylic acid groups (broad SMARTS) is 1. The van der Waals surface area contributed by atoms with Gasteiger partial charge in [0.1, 0.15) is 5.37 Å². The molecule has 7 nitrogen and oxygen atoms in total. The van der Waals surface area contributed by atoms with E-state index < -0.39 is 10.9 Å². The summed E-state index contributed by atoms with van der Waals surface area (Å²) in [7, 11) is 0. The maximum Gasteiger partial charge on any atom is 0.335 e. The van der Waals surface area contributed by atoms with Crippen LogP contribution in [0.5, 0.6) is 0 Å². The van der Waals surface area contributed by atoms with E-state index >= 15 is 0 Å². The van der Waals surface area contributed by atoms with Gasteiger partial charge in [0.05, 0.1) is 16.2 Å². The number of nitrogens with zero attached hydrogens (tertiary/aromatic N) is 2. The highest BCUT2D eigenvalue weighted by Gasteiger charge is 2.34. The number of anilines is 1. The van der Waals surface area contributed by atoms with Crippen molar-refractivity contribution in [3.05, 3.63) is 69.8 Å². The number of benzene rings is 2. The Morgan fingerprint density at radius 1 is 1.17 bits per heavy atom. The highest BCUT2D eigenvalue weighted by atomic mass is 32.2. The Bertz CT molecular complexity index is 804. The van der Waals surface area contributed by atoms with Crippen LogP contribution in [0.3, 0.4) is 0 Å². The molecule has 0 radical (unpaired) electrons. The fourth-order valence-corrected chi connectivity index (χ4v) is 3.65. The third-order valence-corrected chi connectivity index (χ3v) is 4.86.